The quantitative estimate of drug-likeness (QED) is 0.419. The maximum Gasteiger partial charge on any atom is 0.301 e. The fourth-order valence-electron chi connectivity index (χ4n) is 2.56. The van der Waals surface area contributed by atoms with E-state index in [0.29, 0.717) is 12.5 Å². The van der Waals surface area contributed by atoms with Gasteiger partial charge in [0, 0.05) is 12.1 Å². The van der Waals surface area contributed by atoms with Gasteiger partial charge in [0.05, 0.1) is 12.4 Å². The van der Waals surface area contributed by atoms with Crippen LogP contribution in [0.2, 0.25) is 0 Å². The van der Waals surface area contributed by atoms with E-state index < -0.39 is 5.91 Å². The summed E-state index contributed by atoms with van der Waals surface area (Å²) in [5.41, 5.74) is 2.93. The van der Waals surface area contributed by atoms with E-state index in [1.807, 2.05) is 6.92 Å². The number of aliphatic hydroxyl groups is 1. The van der Waals surface area contributed by atoms with Gasteiger partial charge in [0.1, 0.15) is 0 Å². The molecule has 1 aromatic rings. The van der Waals surface area contributed by atoms with Gasteiger partial charge in [-0.1, -0.05) is 0 Å². The number of carbonyl (C=O) groups excluding carboxylic acids is 1. The lowest BCUT2D eigenvalue weighted by atomic mass is 9.92. The highest BCUT2D eigenvalue weighted by atomic mass is 16.3. The Morgan fingerprint density at radius 2 is 2.32 bits per heavy atom. The molecule has 1 aliphatic rings. The summed E-state index contributed by atoms with van der Waals surface area (Å²) < 4.78 is 5.16. The molecule has 6 heteroatoms. The monoisotopic (exact) mass is 267 g/mol. The number of carbonyl (C=O) groups is 1. The van der Waals surface area contributed by atoms with E-state index in [1.54, 1.807) is 6.07 Å². The van der Waals surface area contributed by atoms with Gasteiger partial charge < -0.3 is 9.52 Å². The van der Waals surface area contributed by atoms with Crippen LogP contribution in [0.5, 0.6) is 0 Å². The largest absolute Gasteiger partial charge is 0.459 e. The second kappa shape index (κ2) is 6.18. The zero-order valence-electron chi connectivity index (χ0n) is 11.1. The first-order valence-electron chi connectivity index (χ1n) is 6.59. The van der Waals surface area contributed by atoms with Crippen LogP contribution in [0.3, 0.4) is 0 Å². The third-order valence-corrected chi connectivity index (χ3v) is 3.79. The highest BCUT2D eigenvalue weighted by Crippen LogP contribution is 2.23. The molecule has 0 spiro atoms. The Morgan fingerprint density at radius 3 is 2.89 bits per heavy atom. The Labute approximate surface area is 112 Å². The Morgan fingerprint density at radius 1 is 1.63 bits per heavy atom. The zero-order chi connectivity index (χ0) is 13.8. The van der Waals surface area contributed by atoms with Gasteiger partial charge in [-0.3, -0.25) is 15.1 Å². The Balaban J connectivity index is 1.93. The molecule has 19 heavy (non-hydrogen) atoms. The summed E-state index contributed by atoms with van der Waals surface area (Å²) in [6.07, 6.45) is 3.22. The molecular weight excluding hydrogens is 246 g/mol. The molecule has 1 atom stereocenters. The van der Waals surface area contributed by atoms with E-state index in [4.69, 9.17) is 10.3 Å². The van der Waals surface area contributed by atoms with Crippen molar-refractivity contribution < 1.29 is 14.3 Å². The number of hydrogen-bond acceptors (Lipinski definition) is 5. The maximum absolute atomic E-state index is 11.5. The second-order valence-electron chi connectivity index (χ2n) is 5.10. The number of furan rings is 1. The predicted molar refractivity (Wildman–Crippen MR) is 70.0 cm³/mol. The number of hydrazine groups is 1. The summed E-state index contributed by atoms with van der Waals surface area (Å²) >= 11 is 0. The van der Waals surface area contributed by atoms with Crippen molar-refractivity contribution in [3.63, 3.8) is 0 Å². The standard InChI is InChI=1S/C13H21N3O3/c1-9(17)10-2-5-16(6-3-10)8-11-4-7-19-12(11)13(18)15-14/h4,7,9-10,17H,2-3,5-6,8,14H2,1H3,(H,15,18). The molecule has 1 amide bonds. The number of hydrogen-bond donors (Lipinski definition) is 3. The number of nitrogens with two attached hydrogens (primary N) is 1. The molecule has 6 nitrogen and oxygen atoms in total. The van der Waals surface area contributed by atoms with Crippen molar-refractivity contribution in [3.8, 4) is 0 Å². The molecule has 0 saturated carbocycles. The van der Waals surface area contributed by atoms with Crippen LogP contribution in [0.1, 0.15) is 35.9 Å². The van der Waals surface area contributed by atoms with Gasteiger partial charge in [-0.25, -0.2) is 5.84 Å². The average molecular weight is 267 g/mol. The van der Waals surface area contributed by atoms with Crippen LogP contribution in [-0.2, 0) is 6.54 Å². The van der Waals surface area contributed by atoms with Gasteiger partial charge in [-0.2, -0.15) is 0 Å². The maximum atomic E-state index is 11.5. The molecule has 0 radical (unpaired) electrons. The summed E-state index contributed by atoms with van der Waals surface area (Å²) in [6.45, 7) is 4.36. The van der Waals surface area contributed by atoms with Gasteiger partial charge in [-0.15, -0.1) is 0 Å². The lowest BCUT2D eigenvalue weighted by Gasteiger charge is -2.33. The van der Waals surface area contributed by atoms with Crippen LogP contribution in [0, 0.1) is 5.92 Å². The number of likely N-dealkylation sites (tertiary alicyclic amines) is 1. The van der Waals surface area contributed by atoms with Crippen LogP contribution in [0.15, 0.2) is 16.7 Å². The SMILES string of the molecule is CC(O)C1CCN(Cc2ccoc2C(=O)NN)CC1. The van der Waals surface area contributed by atoms with Crippen LogP contribution in [0.4, 0.5) is 0 Å². The number of piperidine rings is 1. The molecule has 1 saturated heterocycles. The van der Waals surface area contributed by atoms with Gasteiger partial charge in [0.25, 0.3) is 0 Å². The topological polar surface area (TPSA) is 91.7 Å². The smallest absolute Gasteiger partial charge is 0.301 e. The number of aliphatic hydroxyl groups excluding tert-OH is 1. The first-order chi connectivity index (χ1) is 9.11. The molecule has 106 valence electrons. The summed E-state index contributed by atoms with van der Waals surface area (Å²) in [7, 11) is 0. The molecule has 2 rings (SSSR count). The van der Waals surface area contributed by atoms with Gasteiger partial charge >= 0.3 is 5.91 Å². The molecule has 1 unspecified atom stereocenters. The molecule has 1 fully saturated rings. The van der Waals surface area contributed by atoms with E-state index in [9.17, 15) is 9.90 Å². The molecule has 0 aromatic carbocycles. The minimum absolute atomic E-state index is 0.241. The number of nitrogens with zero attached hydrogens (tertiary/aromatic N) is 1. The molecule has 1 aromatic heterocycles. The number of rotatable bonds is 4. The Kier molecular flexibility index (Phi) is 4.57. The molecule has 4 N–H and O–H groups in total. The predicted octanol–water partition coefficient (Wildman–Crippen LogP) is 0.476. The molecule has 2 heterocycles. The summed E-state index contributed by atoms with van der Waals surface area (Å²) in [5, 5.41) is 9.57. The van der Waals surface area contributed by atoms with Crippen molar-refractivity contribution in [3.05, 3.63) is 23.7 Å². The second-order valence-corrected chi connectivity index (χ2v) is 5.10. The number of nitrogen functional groups attached to an aromatic ring is 1. The van der Waals surface area contributed by atoms with Gasteiger partial charge in [0.15, 0.2) is 5.76 Å². The molecule has 0 bridgehead atoms. The first-order valence-corrected chi connectivity index (χ1v) is 6.59. The van der Waals surface area contributed by atoms with Crippen molar-refractivity contribution in [1.82, 2.24) is 10.3 Å². The van der Waals surface area contributed by atoms with E-state index >= 15 is 0 Å². The Hall–Kier alpha value is -1.37. The lowest BCUT2D eigenvalue weighted by Crippen LogP contribution is -2.37. The van der Waals surface area contributed by atoms with Gasteiger partial charge in [-0.05, 0) is 44.8 Å². The number of amides is 1. The number of nitrogens with one attached hydrogen (secondary N) is 1. The van der Waals surface area contributed by atoms with E-state index in [1.165, 1.54) is 6.26 Å². The fraction of sp³-hybridized carbons (Fsp3) is 0.615. The van der Waals surface area contributed by atoms with E-state index in [-0.39, 0.29) is 11.9 Å². The summed E-state index contributed by atoms with van der Waals surface area (Å²) in [5.74, 6) is 5.37. The summed E-state index contributed by atoms with van der Waals surface area (Å²) in [4.78, 5) is 13.8. The first kappa shape index (κ1) is 14.0. The van der Waals surface area contributed by atoms with E-state index in [0.717, 1.165) is 31.5 Å². The minimum atomic E-state index is -0.404. The minimum Gasteiger partial charge on any atom is -0.459 e. The van der Waals surface area contributed by atoms with Crippen molar-refractivity contribution in [2.24, 2.45) is 11.8 Å². The Bertz CT molecular complexity index is 423. The highest BCUT2D eigenvalue weighted by Gasteiger charge is 2.24. The normalized spacial score (nSPS) is 19.3. The van der Waals surface area contributed by atoms with Crippen LogP contribution >= 0.6 is 0 Å². The van der Waals surface area contributed by atoms with Crippen LogP contribution < -0.4 is 11.3 Å². The third kappa shape index (κ3) is 3.34. The van der Waals surface area contributed by atoms with Crippen LogP contribution in [0.25, 0.3) is 0 Å². The van der Waals surface area contributed by atoms with Gasteiger partial charge in [0.2, 0.25) is 0 Å². The van der Waals surface area contributed by atoms with Crippen molar-refractivity contribution in [2.45, 2.75) is 32.4 Å². The van der Waals surface area contributed by atoms with Crippen molar-refractivity contribution in [1.29, 1.82) is 0 Å². The lowest BCUT2D eigenvalue weighted by molar-refractivity contribution is 0.0692. The molecule has 0 aliphatic carbocycles. The fourth-order valence-corrected chi connectivity index (χ4v) is 2.56. The van der Waals surface area contributed by atoms with Crippen molar-refractivity contribution in [2.75, 3.05) is 13.1 Å². The molecule has 1 aliphatic heterocycles. The van der Waals surface area contributed by atoms with Crippen LogP contribution in [-0.4, -0.2) is 35.1 Å². The zero-order valence-corrected chi connectivity index (χ0v) is 11.1. The third-order valence-electron chi connectivity index (χ3n) is 3.79. The molecular formula is C13H21N3O3. The van der Waals surface area contributed by atoms with Crippen molar-refractivity contribution >= 4 is 5.91 Å². The highest BCUT2D eigenvalue weighted by molar-refractivity contribution is 5.92. The average Bonchev–Trinajstić information content (AvgIpc) is 2.86. The van der Waals surface area contributed by atoms with E-state index in [2.05, 4.69) is 10.3 Å². The summed E-state index contributed by atoms with van der Waals surface area (Å²) in [6, 6.07) is 1.80.